The molecule has 0 N–H and O–H groups in total. The highest BCUT2D eigenvalue weighted by molar-refractivity contribution is 6.22. The van der Waals surface area contributed by atoms with Crippen molar-refractivity contribution in [3.63, 3.8) is 0 Å². The van der Waals surface area contributed by atoms with Gasteiger partial charge in [0.1, 0.15) is 5.75 Å². The summed E-state index contributed by atoms with van der Waals surface area (Å²) in [7, 11) is 0. The second-order valence-electron chi connectivity index (χ2n) is 5.18. The van der Waals surface area contributed by atoms with E-state index < -0.39 is 0 Å². The Kier molecular flexibility index (Phi) is 4.72. The first-order chi connectivity index (χ1) is 9.52. The van der Waals surface area contributed by atoms with E-state index in [0.29, 0.717) is 6.61 Å². The predicted octanol–water partition coefficient (Wildman–Crippen LogP) is 5.34. The van der Waals surface area contributed by atoms with E-state index in [1.54, 1.807) is 0 Å². The maximum absolute atomic E-state index is 6.69. The van der Waals surface area contributed by atoms with Crippen molar-refractivity contribution in [2.75, 3.05) is 6.61 Å². The Bertz CT molecular complexity index is 604. The zero-order valence-electron chi connectivity index (χ0n) is 12.5. The normalized spacial score (nSPS) is 12.2. The Morgan fingerprint density at radius 1 is 1.00 bits per heavy atom. The minimum atomic E-state index is -0.184. The minimum absolute atomic E-state index is 0.184. The molecule has 0 bridgehead atoms. The highest BCUT2D eigenvalue weighted by Crippen LogP contribution is 2.36. The van der Waals surface area contributed by atoms with Crippen LogP contribution >= 0.6 is 11.6 Å². The lowest BCUT2D eigenvalue weighted by molar-refractivity contribution is 0.337. The van der Waals surface area contributed by atoms with Crippen LogP contribution in [0.25, 0.3) is 0 Å². The van der Waals surface area contributed by atoms with Gasteiger partial charge in [-0.3, -0.25) is 0 Å². The molecule has 0 aliphatic heterocycles. The number of rotatable bonds is 4. The average Bonchev–Trinajstić information content (AvgIpc) is 2.43. The third-order valence-electron chi connectivity index (χ3n) is 3.56. The third-order valence-corrected chi connectivity index (χ3v) is 4.05. The minimum Gasteiger partial charge on any atom is -0.494 e. The summed E-state index contributed by atoms with van der Waals surface area (Å²) in [5, 5.41) is -0.184. The van der Waals surface area contributed by atoms with Crippen LogP contribution in [0.1, 0.15) is 40.1 Å². The molecule has 0 spiro atoms. The van der Waals surface area contributed by atoms with Crippen molar-refractivity contribution < 1.29 is 4.74 Å². The molecule has 0 radical (unpaired) electrons. The molecule has 0 heterocycles. The Morgan fingerprint density at radius 3 is 2.40 bits per heavy atom. The number of alkyl halides is 1. The molecule has 0 aliphatic carbocycles. The van der Waals surface area contributed by atoms with Gasteiger partial charge in [0.05, 0.1) is 12.0 Å². The van der Waals surface area contributed by atoms with Crippen LogP contribution in [-0.4, -0.2) is 6.61 Å². The van der Waals surface area contributed by atoms with Crippen molar-refractivity contribution in [1.29, 1.82) is 0 Å². The van der Waals surface area contributed by atoms with Crippen LogP contribution in [0.5, 0.6) is 5.75 Å². The molecule has 0 amide bonds. The molecule has 0 saturated heterocycles. The van der Waals surface area contributed by atoms with Gasteiger partial charge in [-0.05, 0) is 50.5 Å². The van der Waals surface area contributed by atoms with Crippen molar-refractivity contribution >= 4 is 11.6 Å². The summed E-state index contributed by atoms with van der Waals surface area (Å²) < 4.78 is 5.70. The molecule has 0 aliphatic rings. The summed E-state index contributed by atoms with van der Waals surface area (Å²) in [6.07, 6.45) is 0. The second kappa shape index (κ2) is 6.32. The van der Waals surface area contributed by atoms with Gasteiger partial charge in [0.2, 0.25) is 0 Å². The van der Waals surface area contributed by atoms with Gasteiger partial charge < -0.3 is 4.74 Å². The molecule has 2 aromatic rings. The average molecular weight is 289 g/mol. The molecule has 2 heteroatoms. The first kappa shape index (κ1) is 14.9. The highest BCUT2D eigenvalue weighted by atomic mass is 35.5. The van der Waals surface area contributed by atoms with Crippen LogP contribution in [0, 0.1) is 20.8 Å². The van der Waals surface area contributed by atoms with Gasteiger partial charge in [-0.15, -0.1) is 11.6 Å². The van der Waals surface area contributed by atoms with E-state index in [1.807, 2.05) is 13.0 Å². The van der Waals surface area contributed by atoms with E-state index in [9.17, 15) is 0 Å². The molecule has 2 aromatic carbocycles. The van der Waals surface area contributed by atoms with Gasteiger partial charge in [-0.2, -0.15) is 0 Å². The largest absolute Gasteiger partial charge is 0.494 e. The fourth-order valence-corrected chi connectivity index (χ4v) is 2.56. The van der Waals surface area contributed by atoms with Gasteiger partial charge in [0, 0.05) is 5.56 Å². The Hall–Kier alpha value is -1.47. The molecule has 0 aromatic heterocycles. The molecule has 0 fully saturated rings. The van der Waals surface area contributed by atoms with Gasteiger partial charge >= 0.3 is 0 Å². The maximum Gasteiger partial charge on any atom is 0.124 e. The van der Waals surface area contributed by atoms with Gasteiger partial charge in [0.25, 0.3) is 0 Å². The molecule has 0 saturated carbocycles. The van der Waals surface area contributed by atoms with Gasteiger partial charge in [0.15, 0.2) is 0 Å². The quantitative estimate of drug-likeness (QED) is 0.690. The van der Waals surface area contributed by atoms with E-state index >= 15 is 0 Å². The van der Waals surface area contributed by atoms with E-state index in [1.165, 1.54) is 16.7 Å². The summed E-state index contributed by atoms with van der Waals surface area (Å²) in [6.45, 7) is 8.93. The van der Waals surface area contributed by atoms with E-state index in [2.05, 4.69) is 51.1 Å². The fourth-order valence-electron chi connectivity index (χ4n) is 2.25. The Morgan fingerprint density at radius 2 is 1.75 bits per heavy atom. The molecule has 2 rings (SSSR count). The lowest BCUT2D eigenvalue weighted by Crippen LogP contribution is -2.01. The van der Waals surface area contributed by atoms with Gasteiger partial charge in [-0.25, -0.2) is 0 Å². The summed E-state index contributed by atoms with van der Waals surface area (Å²) in [6, 6.07) is 12.5. The molecule has 20 heavy (non-hydrogen) atoms. The summed E-state index contributed by atoms with van der Waals surface area (Å²) in [4.78, 5) is 0. The van der Waals surface area contributed by atoms with Crippen molar-refractivity contribution in [2.45, 2.75) is 33.1 Å². The molecule has 1 atom stereocenters. The van der Waals surface area contributed by atoms with Crippen molar-refractivity contribution in [3.05, 3.63) is 64.2 Å². The molecular weight excluding hydrogens is 268 g/mol. The number of ether oxygens (including phenoxy) is 1. The van der Waals surface area contributed by atoms with Crippen molar-refractivity contribution in [2.24, 2.45) is 0 Å². The summed E-state index contributed by atoms with van der Waals surface area (Å²) in [5.41, 5.74) is 5.89. The lowest BCUT2D eigenvalue weighted by Gasteiger charge is -2.17. The summed E-state index contributed by atoms with van der Waals surface area (Å²) >= 11 is 6.69. The van der Waals surface area contributed by atoms with Crippen molar-refractivity contribution in [3.8, 4) is 5.75 Å². The van der Waals surface area contributed by atoms with Crippen LogP contribution in [0.2, 0.25) is 0 Å². The number of hydrogen-bond donors (Lipinski definition) is 0. The van der Waals surface area contributed by atoms with Crippen molar-refractivity contribution in [1.82, 2.24) is 0 Å². The zero-order valence-corrected chi connectivity index (χ0v) is 13.3. The topological polar surface area (TPSA) is 9.23 Å². The first-order valence-corrected chi connectivity index (χ1v) is 7.41. The van der Waals surface area contributed by atoms with Gasteiger partial charge in [-0.1, -0.05) is 35.9 Å². The van der Waals surface area contributed by atoms with Crippen LogP contribution in [0.15, 0.2) is 36.4 Å². The van der Waals surface area contributed by atoms with Crippen LogP contribution in [0.4, 0.5) is 0 Å². The standard InChI is InChI=1S/C18H21ClO/c1-5-20-17-9-6-12(2)10-16(17)18(19)15-8-7-13(3)14(4)11-15/h6-11,18H,5H2,1-4H3. The number of hydrogen-bond acceptors (Lipinski definition) is 1. The van der Waals surface area contributed by atoms with Crippen LogP contribution in [-0.2, 0) is 0 Å². The SMILES string of the molecule is CCOc1ccc(C)cc1C(Cl)c1ccc(C)c(C)c1. The Balaban J connectivity index is 2.43. The third kappa shape index (κ3) is 3.16. The lowest BCUT2D eigenvalue weighted by atomic mass is 9.98. The van der Waals surface area contributed by atoms with E-state index in [0.717, 1.165) is 16.9 Å². The zero-order chi connectivity index (χ0) is 14.7. The first-order valence-electron chi connectivity index (χ1n) is 6.97. The summed E-state index contributed by atoms with van der Waals surface area (Å²) in [5.74, 6) is 0.872. The van der Waals surface area contributed by atoms with Crippen LogP contribution < -0.4 is 4.74 Å². The van der Waals surface area contributed by atoms with E-state index in [4.69, 9.17) is 16.3 Å². The smallest absolute Gasteiger partial charge is 0.124 e. The molecule has 1 unspecified atom stereocenters. The second-order valence-corrected chi connectivity index (χ2v) is 5.62. The number of benzene rings is 2. The molecule has 1 nitrogen and oxygen atoms in total. The van der Waals surface area contributed by atoms with E-state index in [-0.39, 0.29) is 5.38 Å². The highest BCUT2D eigenvalue weighted by Gasteiger charge is 2.16. The number of aryl methyl sites for hydroxylation is 3. The monoisotopic (exact) mass is 288 g/mol. The number of halogens is 1. The maximum atomic E-state index is 6.69. The Labute approximate surface area is 126 Å². The fraction of sp³-hybridized carbons (Fsp3) is 0.333. The molecule has 106 valence electrons. The predicted molar refractivity (Wildman–Crippen MR) is 86.0 cm³/mol. The molecular formula is C18H21ClO. The van der Waals surface area contributed by atoms with Crippen LogP contribution in [0.3, 0.4) is 0 Å².